The van der Waals surface area contributed by atoms with Crippen LogP contribution in [-0.2, 0) is 17.9 Å². The van der Waals surface area contributed by atoms with Crippen molar-refractivity contribution >= 4 is 23.0 Å². The van der Waals surface area contributed by atoms with Crippen molar-refractivity contribution in [1.82, 2.24) is 20.2 Å². The maximum absolute atomic E-state index is 12.9. The van der Waals surface area contributed by atoms with E-state index in [-0.39, 0.29) is 12.1 Å². The lowest BCUT2D eigenvalue weighted by Gasteiger charge is -2.27. The standard InChI is InChI=1S/C32H33N5O3/c1-39-29-11-10-22(14-30(29)40-2)18-36-32(38)24(17-33)15-25-19-34-31-28(25)16-26(20-35-31)27-9-5-4-8-23(27)21-37-12-6-3-7-13-37/h4-5,8-11,14-16,19-20H,3,6-7,12-13,18,21H2,1-2H3,(H,34,35)(H,36,38)/b24-15+. The Morgan fingerprint density at radius 1 is 1.10 bits per heavy atom. The van der Waals surface area contributed by atoms with Crippen molar-refractivity contribution in [2.75, 3.05) is 27.3 Å². The van der Waals surface area contributed by atoms with Crippen LogP contribution in [0.25, 0.3) is 28.2 Å². The van der Waals surface area contributed by atoms with E-state index >= 15 is 0 Å². The van der Waals surface area contributed by atoms with Gasteiger partial charge in [-0.15, -0.1) is 0 Å². The van der Waals surface area contributed by atoms with E-state index in [9.17, 15) is 10.1 Å². The highest BCUT2D eigenvalue weighted by Crippen LogP contribution is 2.30. The van der Waals surface area contributed by atoms with Crippen LogP contribution >= 0.6 is 0 Å². The zero-order valence-corrected chi connectivity index (χ0v) is 22.9. The number of likely N-dealkylation sites (tertiary alicyclic amines) is 1. The molecule has 0 bridgehead atoms. The average Bonchev–Trinajstić information content (AvgIpc) is 3.41. The first kappa shape index (κ1) is 27.0. The molecule has 0 radical (unpaired) electrons. The van der Waals surface area contributed by atoms with E-state index in [1.807, 2.05) is 24.4 Å². The maximum Gasteiger partial charge on any atom is 0.262 e. The van der Waals surface area contributed by atoms with Gasteiger partial charge in [0.05, 0.1) is 14.2 Å². The summed E-state index contributed by atoms with van der Waals surface area (Å²) in [6.45, 7) is 3.41. The largest absolute Gasteiger partial charge is 0.493 e. The lowest BCUT2D eigenvalue weighted by molar-refractivity contribution is -0.117. The molecule has 0 spiro atoms. The lowest BCUT2D eigenvalue weighted by atomic mass is 9.98. The molecule has 1 aliphatic rings. The first-order chi connectivity index (χ1) is 19.6. The number of hydrogen-bond donors (Lipinski definition) is 2. The van der Waals surface area contributed by atoms with Crippen molar-refractivity contribution in [3.8, 4) is 28.7 Å². The molecule has 1 fully saturated rings. The van der Waals surface area contributed by atoms with E-state index in [2.05, 4.69) is 44.5 Å². The summed E-state index contributed by atoms with van der Waals surface area (Å²) in [5.74, 6) is 0.726. The Kier molecular flexibility index (Phi) is 8.43. The number of ether oxygens (including phenoxy) is 2. The molecule has 8 heteroatoms. The topological polar surface area (TPSA) is 103 Å². The number of aromatic amines is 1. The van der Waals surface area contributed by atoms with Gasteiger partial charge >= 0.3 is 0 Å². The summed E-state index contributed by atoms with van der Waals surface area (Å²) in [4.78, 5) is 23.2. The molecule has 2 N–H and O–H groups in total. The van der Waals surface area contributed by atoms with E-state index in [0.717, 1.165) is 47.3 Å². The van der Waals surface area contributed by atoms with Gasteiger partial charge in [-0.05, 0) is 66.9 Å². The third-order valence-electron chi connectivity index (χ3n) is 7.30. The van der Waals surface area contributed by atoms with Crippen LogP contribution in [0.4, 0.5) is 0 Å². The summed E-state index contributed by atoms with van der Waals surface area (Å²) in [7, 11) is 3.13. The second-order valence-corrected chi connectivity index (χ2v) is 9.90. The summed E-state index contributed by atoms with van der Waals surface area (Å²) in [6.07, 6.45) is 9.06. The van der Waals surface area contributed by atoms with Crippen molar-refractivity contribution in [3.63, 3.8) is 0 Å². The summed E-state index contributed by atoms with van der Waals surface area (Å²) in [5.41, 5.74) is 5.69. The summed E-state index contributed by atoms with van der Waals surface area (Å²) in [6, 6.07) is 18.0. The normalized spacial score (nSPS) is 14.1. The molecule has 3 heterocycles. The predicted octanol–water partition coefficient (Wildman–Crippen LogP) is 5.46. The molecule has 204 valence electrons. The summed E-state index contributed by atoms with van der Waals surface area (Å²) >= 11 is 0. The molecular weight excluding hydrogens is 502 g/mol. The SMILES string of the molecule is COc1ccc(CNC(=O)/C(C#N)=C/c2c[nH]c3ncc(-c4ccccc4CN4CCCCC4)cc23)cc1OC. The number of amides is 1. The highest BCUT2D eigenvalue weighted by Gasteiger charge is 2.16. The molecule has 2 aromatic carbocycles. The van der Waals surface area contributed by atoms with Crippen LogP contribution in [0.5, 0.6) is 11.5 Å². The smallest absolute Gasteiger partial charge is 0.262 e. The third kappa shape index (κ3) is 6.00. The van der Waals surface area contributed by atoms with Gasteiger partial charge < -0.3 is 19.8 Å². The van der Waals surface area contributed by atoms with Crippen LogP contribution in [0, 0.1) is 11.3 Å². The van der Waals surface area contributed by atoms with Crippen LogP contribution in [0.2, 0.25) is 0 Å². The van der Waals surface area contributed by atoms with Crippen LogP contribution in [-0.4, -0.2) is 48.1 Å². The molecule has 8 nitrogen and oxygen atoms in total. The quantitative estimate of drug-likeness (QED) is 0.218. The number of fused-ring (bicyclic) bond motifs is 1. The predicted molar refractivity (Wildman–Crippen MR) is 156 cm³/mol. The van der Waals surface area contributed by atoms with Gasteiger partial charge in [-0.1, -0.05) is 36.8 Å². The van der Waals surface area contributed by atoms with Gasteiger partial charge in [0.1, 0.15) is 17.3 Å². The second-order valence-electron chi connectivity index (χ2n) is 9.90. The number of carbonyl (C=O) groups excluding carboxylic acids is 1. The molecule has 4 aromatic rings. The Hall–Kier alpha value is -4.61. The van der Waals surface area contributed by atoms with Crippen LogP contribution < -0.4 is 14.8 Å². The number of methoxy groups -OCH3 is 2. The first-order valence-electron chi connectivity index (χ1n) is 13.5. The molecule has 0 aliphatic carbocycles. The average molecular weight is 536 g/mol. The number of hydrogen-bond acceptors (Lipinski definition) is 6. The van der Waals surface area contributed by atoms with E-state index in [1.165, 1.54) is 24.8 Å². The summed E-state index contributed by atoms with van der Waals surface area (Å²) < 4.78 is 10.6. The minimum atomic E-state index is -0.456. The number of carbonyl (C=O) groups is 1. The third-order valence-corrected chi connectivity index (χ3v) is 7.30. The zero-order valence-electron chi connectivity index (χ0n) is 22.9. The van der Waals surface area contributed by atoms with Crippen molar-refractivity contribution in [2.45, 2.75) is 32.4 Å². The van der Waals surface area contributed by atoms with Gasteiger partial charge in [0, 0.05) is 42.0 Å². The van der Waals surface area contributed by atoms with E-state index in [0.29, 0.717) is 17.1 Å². The Labute approximate surface area is 234 Å². The van der Waals surface area contributed by atoms with E-state index in [1.54, 1.807) is 38.6 Å². The fourth-order valence-corrected chi connectivity index (χ4v) is 5.16. The Morgan fingerprint density at radius 2 is 1.90 bits per heavy atom. The zero-order chi connectivity index (χ0) is 27.9. The number of rotatable bonds is 9. The fourth-order valence-electron chi connectivity index (χ4n) is 5.16. The molecule has 0 saturated carbocycles. The molecule has 1 aliphatic heterocycles. The number of aromatic nitrogens is 2. The second kappa shape index (κ2) is 12.5. The minimum absolute atomic E-state index is 0.0114. The molecule has 1 saturated heterocycles. The van der Waals surface area contributed by atoms with Gasteiger partial charge in [0.2, 0.25) is 0 Å². The van der Waals surface area contributed by atoms with Crippen LogP contribution in [0.3, 0.4) is 0 Å². The number of piperidine rings is 1. The number of pyridine rings is 1. The number of H-pyrrole nitrogens is 1. The minimum Gasteiger partial charge on any atom is -0.493 e. The Morgan fingerprint density at radius 3 is 2.67 bits per heavy atom. The molecule has 40 heavy (non-hydrogen) atoms. The van der Waals surface area contributed by atoms with Gasteiger partial charge in [-0.2, -0.15) is 5.26 Å². The Bertz CT molecular complexity index is 1580. The fraction of sp³-hybridized carbons (Fsp3) is 0.281. The number of nitrogens with zero attached hydrogens (tertiary/aromatic N) is 3. The van der Waals surface area contributed by atoms with Crippen molar-refractivity contribution in [3.05, 3.63) is 83.2 Å². The highest BCUT2D eigenvalue weighted by molar-refractivity contribution is 6.04. The highest BCUT2D eigenvalue weighted by atomic mass is 16.5. The van der Waals surface area contributed by atoms with E-state index in [4.69, 9.17) is 9.47 Å². The van der Waals surface area contributed by atoms with Crippen LogP contribution in [0.15, 0.2) is 66.5 Å². The maximum atomic E-state index is 12.9. The monoisotopic (exact) mass is 535 g/mol. The van der Waals surface area contributed by atoms with Crippen molar-refractivity contribution < 1.29 is 14.3 Å². The van der Waals surface area contributed by atoms with Crippen molar-refractivity contribution in [2.24, 2.45) is 0 Å². The number of nitrogens with one attached hydrogen (secondary N) is 2. The first-order valence-corrected chi connectivity index (χ1v) is 13.5. The van der Waals surface area contributed by atoms with Gasteiger partial charge in [-0.3, -0.25) is 9.69 Å². The van der Waals surface area contributed by atoms with Gasteiger partial charge in [-0.25, -0.2) is 4.98 Å². The molecule has 5 rings (SSSR count). The molecule has 0 unspecified atom stereocenters. The van der Waals surface area contributed by atoms with E-state index < -0.39 is 5.91 Å². The molecule has 1 amide bonds. The molecule has 2 aromatic heterocycles. The Balaban J connectivity index is 1.37. The number of nitriles is 1. The van der Waals surface area contributed by atoms with Crippen LogP contribution in [0.1, 0.15) is 36.0 Å². The lowest BCUT2D eigenvalue weighted by Crippen LogP contribution is -2.29. The summed E-state index contributed by atoms with van der Waals surface area (Å²) in [5, 5.41) is 13.5. The molecular formula is C32H33N5O3. The van der Waals surface area contributed by atoms with Gasteiger partial charge in [0.15, 0.2) is 11.5 Å². The van der Waals surface area contributed by atoms with Gasteiger partial charge in [0.25, 0.3) is 5.91 Å². The number of benzene rings is 2. The molecule has 0 atom stereocenters. The van der Waals surface area contributed by atoms with Crippen molar-refractivity contribution in [1.29, 1.82) is 5.26 Å².